The van der Waals surface area contributed by atoms with Crippen molar-refractivity contribution >= 4 is 11.8 Å². The van der Waals surface area contributed by atoms with Gasteiger partial charge in [-0.2, -0.15) is 5.06 Å². The van der Waals surface area contributed by atoms with Crippen LogP contribution in [0.15, 0.2) is 36.9 Å². The average molecular weight is 344 g/mol. The molecule has 1 aromatic carbocycles. The van der Waals surface area contributed by atoms with Crippen LogP contribution in [-0.4, -0.2) is 42.8 Å². The first-order valence-electron chi connectivity index (χ1n) is 9.10. The van der Waals surface area contributed by atoms with Crippen LogP contribution in [0.2, 0.25) is 0 Å². The summed E-state index contributed by atoms with van der Waals surface area (Å²) in [7, 11) is 1.49. The summed E-state index contributed by atoms with van der Waals surface area (Å²) in [6.07, 6.45) is 6.87. The SMILES string of the molecule is C=CCN1C2CCCC1CC(OC(=O)N(OC)c1cccc(C)c1)C2. The normalized spacial score (nSPS) is 26.1. The van der Waals surface area contributed by atoms with Crippen molar-refractivity contribution in [3.8, 4) is 0 Å². The van der Waals surface area contributed by atoms with Gasteiger partial charge in [0.25, 0.3) is 0 Å². The molecule has 2 fully saturated rings. The lowest BCUT2D eigenvalue weighted by Crippen LogP contribution is -2.54. The number of aryl methyl sites for hydroxylation is 1. The summed E-state index contributed by atoms with van der Waals surface area (Å²) in [6.45, 7) is 6.78. The molecule has 0 N–H and O–H groups in total. The summed E-state index contributed by atoms with van der Waals surface area (Å²) in [5.74, 6) is 0. The van der Waals surface area contributed by atoms with E-state index < -0.39 is 6.09 Å². The van der Waals surface area contributed by atoms with Gasteiger partial charge in [-0.05, 0) is 37.5 Å². The van der Waals surface area contributed by atoms with Crippen molar-refractivity contribution in [2.45, 2.75) is 57.2 Å². The molecule has 2 atom stereocenters. The number of hydrogen-bond donors (Lipinski definition) is 0. The molecule has 0 spiro atoms. The number of carbonyl (C=O) groups excluding carboxylic acids is 1. The minimum atomic E-state index is -0.437. The average Bonchev–Trinajstić information content (AvgIpc) is 2.56. The lowest BCUT2D eigenvalue weighted by Gasteiger charge is -2.48. The van der Waals surface area contributed by atoms with Crippen LogP contribution >= 0.6 is 0 Å². The lowest BCUT2D eigenvalue weighted by molar-refractivity contribution is -0.0314. The second-order valence-electron chi connectivity index (χ2n) is 7.02. The molecular formula is C20H28N2O3. The molecule has 0 aliphatic carbocycles. The van der Waals surface area contributed by atoms with Gasteiger partial charge in [0.1, 0.15) is 6.10 Å². The standard InChI is InChI=1S/C20H28N2O3/c1-4-11-21-16-8-6-9-17(21)14-19(13-16)25-20(23)22(24-3)18-10-5-7-15(2)12-18/h4-5,7,10,12,16-17,19H,1,6,8-9,11,13-14H2,2-3H3. The number of piperidine rings is 2. The number of benzene rings is 1. The smallest absolute Gasteiger partial charge is 0.439 e. The molecule has 0 saturated carbocycles. The molecule has 2 heterocycles. The maximum absolute atomic E-state index is 12.6. The fraction of sp³-hybridized carbons (Fsp3) is 0.550. The highest BCUT2D eigenvalue weighted by atomic mass is 16.7. The minimum Gasteiger partial charge on any atom is -0.444 e. The number of hydrogen-bond acceptors (Lipinski definition) is 4. The zero-order valence-electron chi connectivity index (χ0n) is 15.2. The molecule has 2 unspecified atom stereocenters. The number of amides is 1. The van der Waals surface area contributed by atoms with Crippen LogP contribution in [0.3, 0.4) is 0 Å². The van der Waals surface area contributed by atoms with Gasteiger partial charge in [-0.15, -0.1) is 6.58 Å². The summed E-state index contributed by atoms with van der Waals surface area (Å²) in [5, 5.41) is 1.24. The van der Waals surface area contributed by atoms with Gasteiger partial charge in [0, 0.05) is 31.5 Å². The number of carbonyl (C=O) groups is 1. The van der Waals surface area contributed by atoms with Gasteiger partial charge in [0.05, 0.1) is 12.8 Å². The second-order valence-corrected chi connectivity index (χ2v) is 7.02. The zero-order chi connectivity index (χ0) is 17.8. The molecule has 1 amide bonds. The van der Waals surface area contributed by atoms with E-state index >= 15 is 0 Å². The molecule has 2 bridgehead atoms. The van der Waals surface area contributed by atoms with E-state index in [9.17, 15) is 4.79 Å². The van der Waals surface area contributed by atoms with E-state index in [4.69, 9.17) is 9.57 Å². The molecule has 5 nitrogen and oxygen atoms in total. The van der Waals surface area contributed by atoms with Gasteiger partial charge in [-0.25, -0.2) is 4.79 Å². The number of ether oxygens (including phenoxy) is 1. The Morgan fingerprint density at radius 2 is 2.08 bits per heavy atom. The van der Waals surface area contributed by atoms with Gasteiger partial charge >= 0.3 is 6.09 Å². The summed E-state index contributed by atoms with van der Waals surface area (Å²) in [4.78, 5) is 20.4. The van der Waals surface area contributed by atoms with Crippen LogP contribution < -0.4 is 5.06 Å². The molecule has 1 aromatic rings. The largest absolute Gasteiger partial charge is 0.444 e. The first-order chi connectivity index (χ1) is 12.1. The third-order valence-corrected chi connectivity index (χ3v) is 5.27. The fourth-order valence-electron chi connectivity index (χ4n) is 4.20. The van der Waals surface area contributed by atoms with Gasteiger partial charge in [0.15, 0.2) is 0 Å². The van der Waals surface area contributed by atoms with Crippen LogP contribution in [0.5, 0.6) is 0 Å². The molecule has 2 aliphatic heterocycles. The van der Waals surface area contributed by atoms with Crippen LogP contribution in [0.25, 0.3) is 0 Å². The minimum absolute atomic E-state index is 0.0497. The maximum atomic E-state index is 12.6. The van der Waals surface area contributed by atoms with E-state index in [1.807, 2.05) is 37.3 Å². The second kappa shape index (κ2) is 8.02. The van der Waals surface area contributed by atoms with E-state index in [-0.39, 0.29) is 6.10 Å². The molecule has 136 valence electrons. The molecule has 3 rings (SSSR count). The Labute approximate surface area is 150 Å². The van der Waals surface area contributed by atoms with E-state index in [1.54, 1.807) is 0 Å². The fourth-order valence-corrected chi connectivity index (χ4v) is 4.20. The Balaban J connectivity index is 1.65. The zero-order valence-corrected chi connectivity index (χ0v) is 15.2. The monoisotopic (exact) mass is 344 g/mol. The molecule has 25 heavy (non-hydrogen) atoms. The summed E-state index contributed by atoms with van der Waals surface area (Å²) in [5.41, 5.74) is 1.76. The van der Waals surface area contributed by atoms with Crippen LogP contribution in [0, 0.1) is 6.92 Å². The number of hydroxylamine groups is 1. The molecular weight excluding hydrogens is 316 g/mol. The lowest BCUT2D eigenvalue weighted by atomic mass is 9.83. The number of nitrogens with zero attached hydrogens (tertiary/aromatic N) is 2. The van der Waals surface area contributed by atoms with Gasteiger partial charge in [-0.1, -0.05) is 24.6 Å². The molecule has 2 aliphatic rings. The van der Waals surface area contributed by atoms with Crippen molar-refractivity contribution in [1.82, 2.24) is 4.90 Å². The van der Waals surface area contributed by atoms with Crippen molar-refractivity contribution < 1.29 is 14.4 Å². The van der Waals surface area contributed by atoms with Crippen molar-refractivity contribution in [3.63, 3.8) is 0 Å². The highest BCUT2D eigenvalue weighted by molar-refractivity contribution is 5.85. The number of rotatable bonds is 5. The van der Waals surface area contributed by atoms with E-state index in [0.717, 1.165) is 24.9 Å². The molecule has 5 heteroatoms. The predicted octanol–water partition coefficient (Wildman–Crippen LogP) is 4.07. The quantitative estimate of drug-likeness (QED) is 0.596. The molecule has 0 radical (unpaired) electrons. The molecule has 2 saturated heterocycles. The summed E-state index contributed by atoms with van der Waals surface area (Å²) in [6, 6.07) is 8.61. The maximum Gasteiger partial charge on any atom is 0.439 e. The molecule has 0 aromatic heterocycles. The Morgan fingerprint density at radius 3 is 2.68 bits per heavy atom. The topological polar surface area (TPSA) is 42.0 Å². The van der Waals surface area contributed by atoms with Crippen molar-refractivity contribution in [1.29, 1.82) is 0 Å². The first kappa shape index (κ1) is 18.0. The van der Waals surface area contributed by atoms with E-state index in [2.05, 4.69) is 11.5 Å². The first-order valence-corrected chi connectivity index (χ1v) is 9.10. The Kier molecular flexibility index (Phi) is 5.76. The predicted molar refractivity (Wildman–Crippen MR) is 98.5 cm³/mol. The van der Waals surface area contributed by atoms with Crippen molar-refractivity contribution in [2.24, 2.45) is 0 Å². The van der Waals surface area contributed by atoms with E-state index in [0.29, 0.717) is 17.8 Å². The Morgan fingerprint density at radius 1 is 1.36 bits per heavy atom. The van der Waals surface area contributed by atoms with Gasteiger partial charge in [-0.3, -0.25) is 9.74 Å². The van der Waals surface area contributed by atoms with Gasteiger partial charge < -0.3 is 4.74 Å². The van der Waals surface area contributed by atoms with Crippen molar-refractivity contribution in [2.75, 3.05) is 18.7 Å². The van der Waals surface area contributed by atoms with Crippen LogP contribution in [0.4, 0.5) is 10.5 Å². The number of fused-ring (bicyclic) bond motifs is 2. The van der Waals surface area contributed by atoms with Crippen LogP contribution in [0.1, 0.15) is 37.7 Å². The van der Waals surface area contributed by atoms with Crippen molar-refractivity contribution in [3.05, 3.63) is 42.5 Å². The number of anilines is 1. The highest BCUT2D eigenvalue weighted by Crippen LogP contribution is 2.35. The highest BCUT2D eigenvalue weighted by Gasteiger charge is 2.39. The Hall–Kier alpha value is -1.85. The van der Waals surface area contributed by atoms with Gasteiger partial charge in [0.2, 0.25) is 0 Å². The van der Waals surface area contributed by atoms with E-state index in [1.165, 1.54) is 31.4 Å². The van der Waals surface area contributed by atoms with Crippen LogP contribution in [-0.2, 0) is 9.57 Å². The Bertz CT molecular complexity index is 605. The summed E-state index contributed by atoms with van der Waals surface area (Å²) < 4.78 is 5.81. The third-order valence-electron chi connectivity index (χ3n) is 5.27. The summed E-state index contributed by atoms with van der Waals surface area (Å²) >= 11 is 0. The third kappa shape index (κ3) is 4.05.